The number of rotatable bonds is 3. The molecule has 0 fully saturated rings. The summed E-state index contributed by atoms with van der Waals surface area (Å²) in [6, 6.07) is 0. The van der Waals surface area contributed by atoms with Gasteiger partial charge in [-0.25, -0.2) is 0 Å². The van der Waals surface area contributed by atoms with Gasteiger partial charge in [0.1, 0.15) is 0 Å². The van der Waals surface area contributed by atoms with Gasteiger partial charge in [0.15, 0.2) is 0 Å². The van der Waals surface area contributed by atoms with Crippen LogP contribution in [-0.2, 0) is 13.5 Å². The Bertz CT molecular complexity index is 330. The van der Waals surface area contributed by atoms with Gasteiger partial charge in [-0.05, 0) is 13.8 Å². The fourth-order valence-electron chi connectivity index (χ4n) is 1.38. The molecular formula is C8H13N3O2. The van der Waals surface area contributed by atoms with E-state index in [1.54, 1.807) is 4.68 Å². The fraction of sp³-hybridized carbons (Fsp3) is 0.625. The third-order valence-corrected chi connectivity index (χ3v) is 2.20. The first kappa shape index (κ1) is 9.70. The van der Waals surface area contributed by atoms with Crippen molar-refractivity contribution in [2.75, 3.05) is 6.54 Å². The third kappa shape index (κ3) is 2.05. The number of nitro groups is 1. The van der Waals surface area contributed by atoms with Crippen molar-refractivity contribution in [2.24, 2.45) is 7.05 Å². The molecule has 5 heteroatoms. The SMILES string of the molecule is Cc1nn(C)c(C)c1CC[N+](=O)[O-]. The second-order valence-electron chi connectivity index (χ2n) is 3.08. The lowest BCUT2D eigenvalue weighted by molar-refractivity contribution is -0.479. The summed E-state index contributed by atoms with van der Waals surface area (Å²) in [5.74, 6) is 0. The summed E-state index contributed by atoms with van der Waals surface area (Å²) in [5.41, 5.74) is 2.90. The minimum atomic E-state index is -0.300. The van der Waals surface area contributed by atoms with Gasteiger partial charge < -0.3 is 0 Å². The Labute approximate surface area is 76.5 Å². The van der Waals surface area contributed by atoms with Gasteiger partial charge in [0.2, 0.25) is 6.54 Å². The quantitative estimate of drug-likeness (QED) is 0.515. The molecule has 0 aliphatic carbocycles. The maximum absolute atomic E-state index is 10.2. The van der Waals surface area contributed by atoms with Crippen LogP contribution in [0.2, 0.25) is 0 Å². The summed E-state index contributed by atoms with van der Waals surface area (Å²) in [7, 11) is 1.85. The summed E-state index contributed by atoms with van der Waals surface area (Å²) in [6.45, 7) is 3.78. The van der Waals surface area contributed by atoms with E-state index in [-0.39, 0.29) is 11.5 Å². The molecule has 5 nitrogen and oxygen atoms in total. The van der Waals surface area contributed by atoms with Crippen LogP contribution in [0.3, 0.4) is 0 Å². The van der Waals surface area contributed by atoms with Gasteiger partial charge in [0.25, 0.3) is 0 Å². The molecule has 0 atom stereocenters. The molecule has 1 aromatic heterocycles. The minimum absolute atomic E-state index is 0.0205. The predicted octanol–water partition coefficient (Wildman–Crippen LogP) is 0.856. The van der Waals surface area contributed by atoms with Crippen molar-refractivity contribution in [1.82, 2.24) is 9.78 Å². The zero-order chi connectivity index (χ0) is 10.0. The molecule has 0 radical (unpaired) electrons. The predicted molar refractivity (Wildman–Crippen MR) is 48.2 cm³/mol. The van der Waals surface area contributed by atoms with E-state index in [9.17, 15) is 10.1 Å². The Hall–Kier alpha value is -1.39. The number of aromatic nitrogens is 2. The highest BCUT2D eigenvalue weighted by Crippen LogP contribution is 2.12. The average Bonchev–Trinajstić information content (AvgIpc) is 2.24. The summed E-state index contributed by atoms with van der Waals surface area (Å²) in [4.78, 5) is 9.88. The molecule has 0 bridgehead atoms. The summed E-state index contributed by atoms with van der Waals surface area (Å²) >= 11 is 0. The van der Waals surface area contributed by atoms with E-state index in [1.807, 2.05) is 20.9 Å². The molecule has 0 spiro atoms. The molecule has 13 heavy (non-hydrogen) atoms. The number of aryl methyl sites for hydroxylation is 2. The van der Waals surface area contributed by atoms with Crippen molar-refractivity contribution in [3.63, 3.8) is 0 Å². The molecule has 1 rings (SSSR count). The topological polar surface area (TPSA) is 61.0 Å². The molecule has 0 aliphatic rings. The summed E-state index contributed by atoms with van der Waals surface area (Å²) in [6.07, 6.45) is 0.471. The average molecular weight is 183 g/mol. The maximum atomic E-state index is 10.2. The Morgan fingerprint density at radius 1 is 1.54 bits per heavy atom. The van der Waals surface area contributed by atoms with E-state index in [0.29, 0.717) is 6.42 Å². The zero-order valence-corrected chi connectivity index (χ0v) is 8.07. The summed E-state index contributed by atoms with van der Waals surface area (Å²) < 4.78 is 1.75. The molecule has 0 aromatic carbocycles. The first-order chi connectivity index (χ1) is 6.02. The van der Waals surface area contributed by atoms with Crippen LogP contribution >= 0.6 is 0 Å². The third-order valence-electron chi connectivity index (χ3n) is 2.20. The first-order valence-electron chi connectivity index (χ1n) is 4.13. The highest BCUT2D eigenvalue weighted by Gasteiger charge is 2.11. The molecule has 0 N–H and O–H groups in total. The number of nitrogens with zero attached hydrogens (tertiary/aromatic N) is 3. The van der Waals surface area contributed by atoms with Crippen LogP contribution in [0.4, 0.5) is 0 Å². The lowest BCUT2D eigenvalue weighted by Crippen LogP contribution is -2.05. The monoisotopic (exact) mass is 183 g/mol. The zero-order valence-electron chi connectivity index (χ0n) is 8.07. The highest BCUT2D eigenvalue weighted by atomic mass is 16.6. The van der Waals surface area contributed by atoms with E-state index in [2.05, 4.69) is 5.10 Å². The van der Waals surface area contributed by atoms with Gasteiger partial charge in [-0.2, -0.15) is 5.10 Å². The van der Waals surface area contributed by atoms with E-state index >= 15 is 0 Å². The Morgan fingerprint density at radius 2 is 2.15 bits per heavy atom. The van der Waals surface area contributed by atoms with Gasteiger partial charge in [-0.3, -0.25) is 14.8 Å². The maximum Gasteiger partial charge on any atom is 0.208 e. The van der Waals surface area contributed by atoms with Crippen LogP contribution in [0.15, 0.2) is 0 Å². The minimum Gasteiger partial charge on any atom is -0.272 e. The molecule has 0 unspecified atom stereocenters. The van der Waals surface area contributed by atoms with Crippen molar-refractivity contribution in [3.05, 3.63) is 27.1 Å². The molecular weight excluding hydrogens is 170 g/mol. The van der Waals surface area contributed by atoms with Crippen LogP contribution in [-0.4, -0.2) is 21.2 Å². The first-order valence-corrected chi connectivity index (χ1v) is 4.13. The second-order valence-corrected chi connectivity index (χ2v) is 3.08. The number of hydrogen-bond donors (Lipinski definition) is 0. The Balaban J connectivity index is 2.81. The molecule has 1 heterocycles. The van der Waals surface area contributed by atoms with Gasteiger partial charge >= 0.3 is 0 Å². The van der Waals surface area contributed by atoms with E-state index in [4.69, 9.17) is 0 Å². The largest absolute Gasteiger partial charge is 0.272 e. The molecule has 0 saturated heterocycles. The van der Waals surface area contributed by atoms with Gasteiger partial charge in [-0.1, -0.05) is 0 Å². The number of hydrogen-bond acceptors (Lipinski definition) is 3. The Kier molecular flexibility index (Phi) is 2.65. The molecule has 1 aromatic rings. The fourth-order valence-corrected chi connectivity index (χ4v) is 1.38. The van der Waals surface area contributed by atoms with Gasteiger partial charge in [0.05, 0.1) is 5.69 Å². The normalized spacial score (nSPS) is 10.4. The van der Waals surface area contributed by atoms with Crippen molar-refractivity contribution < 1.29 is 4.92 Å². The highest BCUT2D eigenvalue weighted by molar-refractivity contribution is 5.24. The Morgan fingerprint density at radius 3 is 2.54 bits per heavy atom. The second kappa shape index (κ2) is 3.55. The smallest absolute Gasteiger partial charge is 0.208 e. The van der Waals surface area contributed by atoms with Crippen molar-refractivity contribution in [2.45, 2.75) is 20.3 Å². The van der Waals surface area contributed by atoms with Crippen LogP contribution in [0.1, 0.15) is 17.0 Å². The lowest BCUT2D eigenvalue weighted by atomic mass is 10.1. The standard InChI is InChI=1S/C8H13N3O2/c1-6-8(4-5-11(12)13)7(2)10(3)9-6/h4-5H2,1-3H3. The van der Waals surface area contributed by atoms with Crippen LogP contribution in [0, 0.1) is 24.0 Å². The molecule has 0 aliphatic heterocycles. The van der Waals surface area contributed by atoms with Gasteiger partial charge in [0, 0.05) is 29.6 Å². The molecule has 72 valence electrons. The van der Waals surface area contributed by atoms with Crippen molar-refractivity contribution in [3.8, 4) is 0 Å². The van der Waals surface area contributed by atoms with Crippen LogP contribution < -0.4 is 0 Å². The van der Waals surface area contributed by atoms with Gasteiger partial charge in [-0.15, -0.1) is 0 Å². The molecule has 0 amide bonds. The van der Waals surface area contributed by atoms with Crippen molar-refractivity contribution in [1.29, 1.82) is 0 Å². The van der Waals surface area contributed by atoms with E-state index in [1.165, 1.54) is 0 Å². The van der Waals surface area contributed by atoms with E-state index < -0.39 is 0 Å². The molecule has 0 saturated carbocycles. The van der Waals surface area contributed by atoms with Crippen LogP contribution in [0.25, 0.3) is 0 Å². The van der Waals surface area contributed by atoms with E-state index in [0.717, 1.165) is 17.0 Å². The van der Waals surface area contributed by atoms with Crippen molar-refractivity contribution >= 4 is 0 Å². The summed E-state index contributed by atoms with van der Waals surface area (Å²) in [5, 5.41) is 14.4. The van der Waals surface area contributed by atoms with Crippen LogP contribution in [0.5, 0.6) is 0 Å². The lowest BCUT2D eigenvalue weighted by Gasteiger charge is -1.97.